The molecule has 0 saturated heterocycles. The van der Waals surface area contributed by atoms with Crippen LogP contribution in [0.15, 0.2) is 60.8 Å². The molecule has 1 amide bonds. The molecular formula is C21H25N3O. The molecule has 25 heavy (non-hydrogen) atoms. The Morgan fingerprint density at radius 3 is 2.68 bits per heavy atom. The van der Waals surface area contributed by atoms with Crippen LogP contribution in [0.5, 0.6) is 0 Å². The molecule has 0 aliphatic rings. The largest absolute Gasteiger partial charge is 0.361 e. The molecule has 2 N–H and O–H groups in total. The van der Waals surface area contributed by atoms with Gasteiger partial charge in [0.15, 0.2) is 0 Å². The van der Waals surface area contributed by atoms with E-state index in [-0.39, 0.29) is 5.91 Å². The molecule has 2 aromatic carbocycles. The Morgan fingerprint density at radius 1 is 1.08 bits per heavy atom. The molecule has 0 saturated carbocycles. The number of aromatic nitrogens is 1. The Kier molecular flexibility index (Phi) is 5.86. The fraction of sp³-hybridized carbons (Fsp3) is 0.286. The number of carbonyl (C=O) groups is 1. The third-order valence-electron chi connectivity index (χ3n) is 4.41. The number of para-hydroxylation sites is 1. The number of amides is 1. The molecule has 4 heteroatoms. The quantitative estimate of drug-likeness (QED) is 0.663. The molecule has 1 heterocycles. The summed E-state index contributed by atoms with van der Waals surface area (Å²) in [5, 5.41) is 4.26. The molecule has 0 aliphatic carbocycles. The lowest BCUT2D eigenvalue weighted by Crippen LogP contribution is -2.30. The van der Waals surface area contributed by atoms with Gasteiger partial charge in [-0.25, -0.2) is 0 Å². The number of benzene rings is 2. The second-order valence-corrected chi connectivity index (χ2v) is 6.43. The number of hydrogen-bond acceptors (Lipinski definition) is 2. The van der Waals surface area contributed by atoms with Crippen LogP contribution in [0.2, 0.25) is 0 Å². The predicted molar refractivity (Wildman–Crippen MR) is 102 cm³/mol. The smallest absolute Gasteiger partial charge is 0.221 e. The van der Waals surface area contributed by atoms with E-state index in [0.717, 1.165) is 25.0 Å². The van der Waals surface area contributed by atoms with Crippen molar-refractivity contribution in [2.24, 2.45) is 0 Å². The van der Waals surface area contributed by atoms with Gasteiger partial charge in [0, 0.05) is 43.2 Å². The SMILES string of the molecule is CN(CCC(=O)NCCc1c[nH]c2ccccc12)Cc1ccccc1. The maximum absolute atomic E-state index is 12.0. The standard InChI is InChI=1S/C21H25N3O/c1-24(16-17-7-3-2-4-8-17)14-12-21(25)22-13-11-18-15-23-20-10-6-5-9-19(18)20/h2-10,15,23H,11-14,16H2,1H3,(H,22,25). The van der Waals surface area contributed by atoms with Gasteiger partial charge < -0.3 is 15.2 Å². The van der Waals surface area contributed by atoms with E-state index in [2.05, 4.69) is 39.5 Å². The minimum Gasteiger partial charge on any atom is -0.361 e. The highest BCUT2D eigenvalue weighted by Gasteiger charge is 2.06. The average molecular weight is 335 g/mol. The first-order valence-electron chi connectivity index (χ1n) is 8.76. The van der Waals surface area contributed by atoms with Gasteiger partial charge in [-0.3, -0.25) is 4.79 Å². The zero-order valence-corrected chi connectivity index (χ0v) is 14.7. The minimum atomic E-state index is 0.111. The number of carbonyl (C=O) groups excluding carboxylic acids is 1. The summed E-state index contributed by atoms with van der Waals surface area (Å²) in [6.45, 7) is 2.29. The molecule has 0 atom stereocenters. The molecule has 0 fully saturated rings. The number of hydrogen-bond donors (Lipinski definition) is 2. The van der Waals surface area contributed by atoms with Crippen LogP contribution in [0.25, 0.3) is 10.9 Å². The van der Waals surface area contributed by atoms with Crippen molar-refractivity contribution < 1.29 is 4.79 Å². The highest BCUT2D eigenvalue weighted by Crippen LogP contribution is 2.17. The molecular weight excluding hydrogens is 310 g/mol. The van der Waals surface area contributed by atoms with Crippen molar-refractivity contribution in [2.75, 3.05) is 20.1 Å². The normalized spacial score (nSPS) is 11.1. The Labute approximate surface area is 148 Å². The Bertz CT molecular complexity index is 810. The summed E-state index contributed by atoms with van der Waals surface area (Å²) in [5.74, 6) is 0.111. The topological polar surface area (TPSA) is 48.1 Å². The summed E-state index contributed by atoms with van der Waals surface area (Å²) < 4.78 is 0. The Hall–Kier alpha value is -2.59. The number of rotatable bonds is 8. The highest BCUT2D eigenvalue weighted by atomic mass is 16.1. The van der Waals surface area contributed by atoms with E-state index >= 15 is 0 Å². The van der Waals surface area contributed by atoms with Crippen LogP contribution in [-0.4, -0.2) is 35.9 Å². The summed E-state index contributed by atoms with van der Waals surface area (Å²) in [4.78, 5) is 17.5. The van der Waals surface area contributed by atoms with Crippen LogP contribution in [-0.2, 0) is 17.8 Å². The predicted octanol–water partition coefficient (Wildman–Crippen LogP) is 3.35. The van der Waals surface area contributed by atoms with Gasteiger partial charge in [-0.05, 0) is 30.7 Å². The lowest BCUT2D eigenvalue weighted by atomic mass is 10.1. The molecule has 0 spiro atoms. The van der Waals surface area contributed by atoms with Crippen molar-refractivity contribution in [3.63, 3.8) is 0 Å². The van der Waals surface area contributed by atoms with Crippen LogP contribution in [0, 0.1) is 0 Å². The van der Waals surface area contributed by atoms with Gasteiger partial charge in [0.1, 0.15) is 0 Å². The maximum Gasteiger partial charge on any atom is 0.221 e. The summed E-state index contributed by atoms with van der Waals surface area (Å²) in [6, 6.07) is 18.6. The molecule has 0 aliphatic heterocycles. The van der Waals surface area contributed by atoms with Gasteiger partial charge in [-0.2, -0.15) is 0 Å². The van der Waals surface area contributed by atoms with Crippen molar-refractivity contribution in [3.05, 3.63) is 71.9 Å². The molecule has 0 unspecified atom stereocenters. The third kappa shape index (κ3) is 4.94. The summed E-state index contributed by atoms with van der Waals surface area (Å²) in [7, 11) is 2.05. The van der Waals surface area contributed by atoms with Gasteiger partial charge in [-0.15, -0.1) is 0 Å². The van der Waals surface area contributed by atoms with E-state index in [9.17, 15) is 4.79 Å². The summed E-state index contributed by atoms with van der Waals surface area (Å²) in [5.41, 5.74) is 3.66. The molecule has 0 radical (unpaired) electrons. The minimum absolute atomic E-state index is 0.111. The zero-order chi connectivity index (χ0) is 17.5. The van der Waals surface area contributed by atoms with E-state index in [1.807, 2.05) is 43.6 Å². The second kappa shape index (κ2) is 8.49. The number of fused-ring (bicyclic) bond motifs is 1. The summed E-state index contributed by atoms with van der Waals surface area (Å²) >= 11 is 0. The van der Waals surface area contributed by atoms with Gasteiger partial charge >= 0.3 is 0 Å². The average Bonchev–Trinajstić information content (AvgIpc) is 3.04. The van der Waals surface area contributed by atoms with Gasteiger partial charge in [0.05, 0.1) is 0 Å². The monoisotopic (exact) mass is 335 g/mol. The Morgan fingerprint density at radius 2 is 1.84 bits per heavy atom. The molecule has 4 nitrogen and oxygen atoms in total. The first kappa shape index (κ1) is 17.2. The van der Waals surface area contributed by atoms with Crippen LogP contribution < -0.4 is 5.32 Å². The number of nitrogens with one attached hydrogen (secondary N) is 2. The zero-order valence-electron chi connectivity index (χ0n) is 14.7. The fourth-order valence-corrected chi connectivity index (χ4v) is 3.03. The van der Waals surface area contributed by atoms with Crippen molar-refractivity contribution in [1.29, 1.82) is 0 Å². The van der Waals surface area contributed by atoms with E-state index in [1.54, 1.807) is 0 Å². The highest BCUT2D eigenvalue weighted by molar-refractivity contribution is 5.83. The fourth-order valence-electron chi connectivity index (χ4n) is 3.03. The molecule has 0 bridgehead atoms. The first-order chi connectivity index (χ1) is 12.2. The molecule has 3 aromatic rings. The number of aromatic amines is 1. The van der Waals surface area contributed by atoms with Crippen LogP contribution in [0.1, 0.15) is 17.5 Å². The van der Waals surface area contributed by atoms with Crippen LogP contribution in [0.4, 0.5) is 0 Å². The number of H-pyrrole nitrogens is 1. The third-order valence-corrected chi connectivity index (χ3v) is 4.41. The lowest BCUT2D eigenvalue weighted by molar-refractivity contribution is -0.121. The van der Waals surface area contributed by atoms with Crippen molar-refractivity contribution in [1.82, 2.24) is 15.2 Å². The van der Waals surface area contributed by atoms with Gasteiger partial charge in [0.2, 0.25) is 5.91 Å². The molecule has 3 rings (SSSR count). The van der Waals surface area contributed by atoms with Crippen molar-refractivity contribution >= 4 is 16.8 Å². The van der Waals surface area contributed by atoms with Crippen molar-refractivity contribution in [3.8, 4) is 0 Å². The molecule has 130 valence electrons. The second-order valence-electron chi connectivity index (χ2n) is 6.43. The van der Waals surface area contributed by atoms with Crippen molar-refractivity contribution in [2.45, 2.75) is 19.4 Å². The van der Waals surface area contributed by atoms with Gasteiger partial charge in [-0.1, -0.05) is 48.5 Å². The maximum atomic E-state index is 12.0. The van der Waals surface area contributed by atoms with E-state index in [0.29, 0.717) is 13.0 Å². The lowest BCUT2D eigenvalue weighted by Gasteiger charge is -2.16. The molecule has 1 aromatic heterocycles. The van der Waals surface area contributed by atoms with Crippen LogP contribution in [0.3, 0.4) is 0 Å². The summed E-state index contributed by atoms with van der Waals surface area (Å²) in [6.07, 6.45) is 3.40. The van der Waals surface area contributed by atoms with E-state index < -0.39 is 0 Å². The first-order valence-corrected chi connectivity index (χ1v) is 8.76. The van der Waals surface area contributed by atoms with E-state index in [4.69, 9.17) is 0 Å². The number of nitrogens with zero attached hydrogens (tertiary/aromatic N) is 1. The van der Waals surface area contributed by atoms with Crippen LogP contribution >= 0.6 is 0 Å². The van der Waals surface area contributed by atoms with E-state index in [1.165, 1.54) is 16.5 Å². The Balaban J connectivity index is 1.38. The van der Waals surface area contributed by atoms with Gasteiger partial charge in [0.25, 0.3) is 0 Å².